The van der Waals surface area contributed by atoms with Crippen molar-refractivity contribution in [1.82, 2.24) is 0 Å². The molecular formula is C9H8N2OS2. The van der Waals surface area contributed by atoms with E-state index in [1.165, 1.54) is 0 Å². The predicted molar refractivity (Wildman–Crippen MR) is 55.4 cm³/mol. The number of nitrogens with zero attached hydrogens (tertiary/aromatic N) is 2. The molecular weight excluding hydrogens is 216 g/mol. The van der Waals surface area contributed by atoms with Gasteiger partial charge in [0.25, 0.3) is 0 Å². The van der Waals surface area contributed by atoms with E-state index in [4.69, 9.17) is 10.5 Å². The van der Waals surface area contributed by atoms with E-state index >= 15 is 0 Å². The molecule has 0 fully saturated rings. The molecule has 0 aliphatic heterocycles. The molecule has 0 aliphatic rings. The van der Waals surface area contributed by atoms with Crippen molar-refractivity contribution in [1.29, 1.82) is 10.5 Å². The quantitative estimate of drug-likeness (QED) is 0.771. The van der Waals surface area contributed by atoms with Crippen molar-refractivity contribution in [3.63, 3.8) is 0 Å². The molecule has 0 aliphatic carbocycles. The van der Waals surface area contributed by atoms with Crippen LogP contribution >= 0.6 is 11.3 Å². The van der Waals surface area contributed by atoms with Crippen LogP contribution in [0.3, 0.4) is 0 Å². The summed E-state index contributed by atoms with van der Waals surface area (Å²) in [6.45, 7) is 3.50. The predicted octanol–water partition coefficient (Wildman–Crippen LogP) is 1.93. The van der Waals surface area contributed by atoms with E-state index in [9.17, 15) is 4.21 Å². The van der Waals surface area contributed by atoms with E-state index in [1.807, 2.05) is 12.1 Å². The summed E-state index contributed by atoms with van der Waals surface area (Å²) in [5, 5.41) is 17.6. The molecule has 0 bridgehead atoms. The maximum absolute atomic E-state index is 11.5. The van der Waals surface area contributed by atoms with Crippen molar-refractivity contribution in [2.45, 2.75) is 18.1 Å². The average molecular weight is 224 g/mol. The summed E-state index contributed by atoms with van der Waals surface area (Å²) in [6, 6.07) is 4.00. The highest BCUT2D eigenvalue weighted by molar-refractivity contribution is 7.87. The fraction of sp³-hybridized carbons (Fsp3) is 0.333. The normalized spacial score (nSPS) is 11.7. The molecule has 0 saturated carbocycles. The van der Waals surface area contributed by atoms with E-state index in [1.54, 1.807) is 13.8 Å². The largest absolute Gasteiger partial charge is 0.253 e. The lowest BCUT2D eigenvalue weighted by molar-refractivity contribution is 0.685. The molecule has 14 heavy (non-hydrogen) atoms. The Morgan fingerprint density at radius 3 is 2.50 bits per heavy atom. The lowest BCUT2D eigenvalue weighted by atomic mass is 10.2. The van der Waals surface area contributed by atoms with Crippen molar-refractivity contribution in [3.8, 4) is 12.1 Å². The highest BCUT2D eigenvalue weighted by Crippen LogP contribution is 2.29. The first-order valence-corrected chi connectivity index (χ1v) is 6.11. The van der Waals surface area contributed by atoms with E-state index in [-0.39, 0.29) is 0 Å². The lowest BCUT2D eigenvalue weighted by Gasteiger charge is -1.93. The van der Waals surface area contributed by atoms with E-state index in [0.717, 1.165) is 11.3 Å². The van der Waals surface area contributed by atoms with Gasteiger partial charge < -0.3 is 0 Å². The highest BCUT2D eigenvalue weighted by atomic mass is 32.2. The van der Waals surface area contributed by atoms with Gasteiger partial charge in [-0.3, -0.25) is 4.21 Å². The number of thiophene rings is 1. The number of hydrogen-bond donors (Lipinski definition) is 0. The zero-order valence-corrected chi connectivity index (χ0v) is 9.46. The minimum absolute atomic E-state index is 0.409. The summed E-state index contributed by atoms with van der Waals surface area (Å²) in [6.07, 6.45) is 0. The van der Waals surface area contributed by atoms with Gasteiger partial charge in [0.1, 0.15) is 21.2 Å². The van der Waals surface area contributed by atoms with Gasteiger partial charge in [-0.25, -0.2) is 0 Å². The second-order valence-electron chi connectivity index (χ2n) is 2.58. The van der Waals surface area contributed by atoms with Crippen molar-refractivity contribution >= 4 is 22.1 Å². The third kappa shape index (κ3) is 1.70. The first kappa shape index (κ1) is 10.9. The molecule has 0 amide bonds. The molecule has 1 rings (SSSR count). The number of rotatable bonds is 2. The third-order valence-electron chi connectivity index (χ3n) is 1.80. The lowest BCUT2D eigenvalue weighted by Crippen LogP contribution is -1.93. The number of nitriles is 2. The van der Waals surface area contributed by atoms with Crippen LogP contribution in [0.1, 0.15) is 22.9 Å². The summed E-state index contributed by atoms with van der Waals surface area (Å²) in [5.74, 6) is 0.472. The van der Waals surface area contributed by atoms with Gasteiger partial charge in [0.15, 0.2) is 0 Å². The molecule has 1 atom stereocenters. The van der Waals surface area contributed by atoms with Crippen molar-refractivity contribution in [2.75, 3.05) is 5.75 Å². The Bertz CT molecular complexity index is 462. The van der Waals surface area contributed by atoms with Crippen LogP contribution < -0.4 is 0 Å². The maximum atomic E-state index is 11.5. The van der Waals surface area contributed by atoms with Crippen LogP contribution in [0.2, 0.25) is 0 Å². The first-order valence-electron chi connectivity index (χ1n) is 3.97. The highest BCUT2D eigenvalue weighted by Gasteiger charge is 2.18. The summed E-state index contributed by atoms with van der Waals surface area (Å²) in [7, 11) is -1.15. The van der Waals surface area contributed by atoms with Gasteiger partial charge >= 0.3 is 0 Å². The Kier molecular flexibility index (Phi) is 3.40. The van der Waals surface area contributed by atoms with Crippen LogP contribution in [0.5, 0.6) is 0 Å². The van der Waals surface area contributed by atoms with Gasteiger partial charge in [0.05, 0.1) is 16.4 Å². The minimum atomic E-state index is -1.15. The van der Waals surface area contributed by atoms with Crippen molar-refractivity contribution in [2.24, 2.45) is 0 Å². The Morgan fingerprint density at radius 2 is 2.07 bits per heavy atom. The average Bonchev–Trinajstić information content (AvgIpc) is 2.53. The second kappa shape index (κ2) is 4.36. The van der Waals surface area contributed by atoms with Crippen LogP contribution in [-0.4, -0.2) is 9.96 Å². The molecule has 0 spiro atoms. The molecule has 1 aromatic rings. The van der Waals surface area contributed by atoms with Crippen LogP contribution in [0.15, 0.2) is 4.21 Å². The second-order valence-corrected chi connectivity index (χ2v) is 5.53. The molecule has 0 saturated heterocycles. The molecule has 5 heteroatoms. The molecule has 0 aromatic carbocycles. The fourth-order valence-corrected chi connectivity index (χ4v) is 3.47. The third-order valence-corrected chi connectivity index (χ3v) is 4.74. The molecule has 1 heterocycles. The maximum Gasteiger partial charge on any atom is 0.110 e. The van der Waals surface area contributed by atoms with Gasteiger partial charge in [0, 0.05) is 5.75 Å². The molecule has 1 unspecified atom stereocenters. The van der Waals surface area contributed by atoms with Gasteiger partial charge in [-0.05, 0) is 12.5 Å². The SMILES string of the molecule is CCS(=O)c1sc(C#N)c(C)c1C#N. The Morgan fingerprint density at radius 1 is 1.43 bits per heavy atom. The summed E-state index contributed by atoms with van der Waals surface area (Å²) in [4.78, 5) is 0.485. The molecule has 0 radical (unpaired) electrons. The van der Waals surface area contributed by atoms with Crippen LogP contribution in [0, 0.1) is 29.6 Å². The number of hydrogen-bond acceptors (Lipinski definition) is 4. The fourth-order valence-electron chi connectivity index (χ4n) is 1.01. The minimum Gasteiger partial charge on any atom is -0.253 e. The van der Waals surface area contributed by atoms with E-state index in [0.29, 0.717) is 26.0 Å². The van der Waals surface area contributed by atoms with Crippen molar-refractivity contribution < 1.29 is 4.21 Å². The van der Waals surface area contributed by atoms with Crippen LogP contribution in [0.25, 0.3) is 0 Å². The summed E-state index contributed by atoms with van der Waals surface area (Å²) >= 11 is 1.16. The Hall–Kier alpha value is -1.17. The Labute approximate surface area is 89.1 Å². The summed E-state index contributed by atoms with van der Waals surface area (Å²) in [5.41, 5.74) is 1.06. The van der Waals surface area contributed by atoms with Crippen LogP contribution in [-0.2, 0) is 10.8 Å². The van der Waals surface area contributed by atoms with Gasteiger partial charge in [-0.2, -0.15) is 10.5 Å². The standard InChI is InChI=1S/C9H8N2OS2/c1-3-14(12)9-7(4-10)6(2)8(5-11)13-9/h3H2,1-2H3. The van der Waals surface area contributed by atoms with E-state index < -0.39 is 10.8 Å². The Balaban J connectivity index is 3.41. The molecule has 72 valence electrons. The molecule has 0 N–H and O–H groups in total. The first-order chi connectivity index (χ1) is 6.65. The zero-order valence-electron chi connectivity index (χ0n) is 7.83. The van der Waals surface area contributed by atoms with Gasteiger partial charge in [0.2, 0.25) is 0 Å². The zero-order chi connectivity index (χ0) is 10.7. The molecule has 3 nitrogen and oxygen atoms in total. The summed E-state index contributed by atoms with van der Waals surface area (Å²) < 4.78 is 12.1. The van der Waals surface area contributed by atoms with Gasteiger partial charge in [-0.1, -0.05) is 6.92 Å². The smallest absolute Gasteiger partial charge is 0.110 e. The van der Waals surface area contributed by atoms with Gasteiger partial charge in [-0.15, -0.1) is 11.3 Å². The molecule has 1 aromatic heterocycles. The monoisotopic (exact) mass is 224 g/mol. The topological polar surface area (TPSA) is 64.7 Å². The van der Waals surface area contributed by atoms with Crippen molar-refractivity contribution in [3.05, 3.63) is 16.0 Å². The van der Waals surface area contributed by atoms with E-state index in [2.05, 4.69) is 0 Å². The van der Waals surface area contributed by atoms with Crippen LogP contribution in [0.4, 0.5) is 0 Å².